The van der Waals surface area contributed by atoms with E-state index in [1.165, 1.54) is 6.42 Å². The summed E-state index contributed by atoms with van der Waals surface area (Å²) >= 11 is 6.20. The molecule has 1 saturated heterocycles. The number of ether oxygens (including phenoxy) is 1. The Morgan fingerprint density at radius 1 is 1.45 bits per heavy atom. The predicted octanol–water partition coefficient (Wildman–Crippen LogP) is 2.85. The lowest BCUT2D eigenvalue weighted by Crippen LogP contribution is -2.33. The summed E-state index contributed by atoms with van der Waals surface area (Å²) in [7, 11) is 0. The van der Waals surface area contributed by atoms with Crippen LogP contribution in [0.1, 0.15) is 32.4 Å². The van der Waals surface area contributed by atoms with Crippen LogP contribution in [0.2, 0.25) is 5.02 Å². The Hall–Kier alpha value is -0.840. The zero-order valence-corrected chi connectivity index (χ0v) is 13.1. The van der Waals surface area contributed by atoms with Gasteiger partial charge in [-0.05, 0) is 38.4 Å². The Morgan fingerprint density at radius 2 is 2.30 bits per heavy atom. The second kappa shape index (κ2) is 7.81. The number of rotatable bonds is 7. The van der Waals surface area contributed by atoms with Crippen LogP contribution in [0.15, 0.2) is 12.1 Å². The van der Waals surface area contributed by atoms with Crippen molar-refractivity contribution in [2.24, 2.45) is 0 Å². The smallest absolute Gasteiger partial charge is 0.129 e. The summed E-state index contributed by atoms with van der Waals surface area (Å²) in [6.07, 6.45) is 2.65. The van der Waals surface area contributed by atoms with E-state index in [-0.39, 0.29) is 0 Å². The van der Waals surface area contributed by atoms with E-state index in [0.717, 1.165) is 49.2 Å². The predicted molar refractivity (Wildman–Crippen MR) is 83.5 cm³/mol. The summed E-state index contributed by atoms with van der Waals surface area (Å²) in [5.41, 5.74) is 0.914. The van der Waals surface area contributed by atoms with Crippen molar-refractivity contribution in [2.75, 3.05) is 31.1 Å². The maximum Gasteiger partial charge on any atom is 0.129 e. The fourth-order valence-corrected chi connectivity index (χ4v) is 2.61. The highest BCUT2D eigenvalue weighted by Crippen LogP contribution is 2.21. The molecule has 1 unspecified atom stereocenters. The van der Waals surface area contributed by atoms with Gasteiger partial charge in [0, 0.05) is 26.2 Å². The molecule has 2 rings (SSSR count). The van der Waals surface area contributed by atoms with Crippen LogP contribution in [0.3, 0.4) is 0 Å². The van der Waals surface area contributed by atoms with Gasteiger partial charge in [-0.2, -0.15) is 0 Å². The summed E-state index contributed by atoms with van der Waals surface area (Å²) < 4.78 is 5.72. The summed E-state index contributed by atoms with van der Waals surface area (Å²) in [4.78, 5) is 6.96. The summed E-state index contributed by atoms with van der Waals surface area (Å²) in [5.74, 6) is 0.986. The van der Waals surface area contributed by atoms with E-state index in [0.29, 0.717) is 12.6 Å². The number of nitrogens with one attached hydrogen (secondary N) is 1. The molecule has 5 heteroatoms. The van der Waals surface area contributed by atoms with Gasteiger partial charge in [0.2, 0.25) is 0 Å². The van der Waals surface area contributed by atoms with Gasteiger partial charge >= 0.3 is 0 Å². The quantitative estimate of drug-likeness (QED) is 0.840. The van der Waals surface area contributed by atoms with Crippen LogP contribution < -0.4 is 10.2 Å². The number of nitrogens with zero attached hydrogens (tertiary/aromatic N) is 2. The molecule has 1 N–H and O–H groups in total. The minimum atomic E-state index is 0.338. The Bertz CT molecular complexity index is 422. The van der Waals surface area contributed by atoms with Gasteiger partial charge in [-0.25, -0.2) is 4.98 Å². The first-order valence-corrected chi connectivity index (χ1v) is 7.85. The standard InChI is InChI=1S/C15H24ClN3O/c1-3-17-10-14-13(16)7-8-15(18-14)19(4-2)11-12-6-5-9-20-12/h7-8,12,17H,3-6,9-11H2,1-2H3. The molecule has 1 fully saturated rings. The third kappa shape index (κ3) is 4.08. The number of halogens is 1. The topological polar surface area (TPSA) is 37.4 Å². The first-order valence-electron chi connectivity index (χ1n) is 7.47. The molecule has 0 aliphatic carbocycles. The second-order valence-electron chi connectivity index (χ2n) is 5.05. The average molecular weight is 298 g/mol. The lowest BCUT2D eigenvalue weighted by molar-refractivity contribution is 0.115. The molecule has 0 amide bonds. The van der Waals surface area contributed by atoms with Gasteiger partial charge < -0.3 is 15.0 Å². The molecule has 1 aromatic heterocycles. The molecular weight excluding hydrogens is 274 g/mol. The maximum atomic E-state index is 6.20. The molecule has 0 aromatic carbocycles. The molecule has 0 bridgehead atoms. The van der Waals surface area contributed by atoms with Gasteiger partial charge in [0.15, 0.2) is 0 Å². The second-order valence-corrected chi connectivity index (χ2v) is 5.46. The van der Waals surface area contributed by atoms with Gasteiger partial charge in [-0.1, -0.05) is 18.5 Å². The molecule has 1 atom stereocenters. The Labute approximate surface area is 126 Å². The van der Waals surface area contributed by atoms with Gasteiger partial charge in [0.05, 0.1) is 16.8 Å². The molecule has 4 nitrogen and oxygen atoms in total. The fraction of sp³-hybridized carbons (Fsp3) is 0.667. The van der Waals surface area contributed by atoms with Gasteiger partial charge in [-0.15, -0.1) is 0 Å². The molecule has 1 aliphatic heterocycles. The normalized spacial score (nSPS) is 18.4. The highest BCUT2D eigenvalue weighted by molar-refractivity contribution is 6.31. The first kappa shape index (κ1) is 15.5. The molecule has 0 radical (unpaired) electrons. The number of pyridine rings is 1. The van der Waals surface area contributed by atoms with Crippen molar-refractivity contribution >= 4 is 17.4 Å². The SMILES string of the molecule is CCNCc1nc(N(CC)CC2CCCO2)ccc1Cl. The largest absolute Gasteiger partial charge is 0.376 e. The molecule has 1 aromatic rings. The van der Waals surface area contributed by atoms with Crippen LogP contribution in [-0.4, -0.2) is 37.3 Å². The van der Waals surface area contributed by atoms with Gasteiger partial charge in [0.1, 0.15) is 5.82 Å². The number of aromatic nitrogens is 1. The van der Waals surface area contributed by atoms with Crippen molar-refractivity contribution in [1.29, 1.82) is 0 Å². The molecule has 0 saturated carbocycles. The fourth-order valence-electron chi connectivity index (χ4n) is 2.44. The molecule has 20 heavy (non-hydrogen) atoms. The summed E-state index contributed by atoms with van der Waals surface area (Å²) in [5, 5.41) is 4.00. The Kier molecular flexibility index (Phi) is 6.07. The van der Waals surface area contributed by atoms with Crippen LogP contribution in [0, 0.1) is 0 Å². The minimum Gasteiger partial charge on any atom is -0.376 e. The molecule has 112 valence electrons. The van der Waals surface area contributed by atoms with Crippen LogP contribution >= 0.6 is 11.6 Å². The van der Waals surface area contributed by atoms with Crippen LogP contribution in [0.5, 0.6) is 0 Å². The van der Waals surface area contributed by atoms with E-state index in [2.05, 4.69) is 24.1 Å². The summed E-state index contributed by atoms with van der Waals surface area (Å²) in [6, 6.07) is 3.94. The third-order valence-corrected chi connectivity index (χ3v) is 3.94. The molecule has 2 heterocycles. The van der Waals surface area contributed by atoms with E-state index in [4.69, 9.17) is 21.3 Å². The first-order chi connectivity index (χ1) is 9.74. The van der Waals surface area contributed by atoms with E-state index in [9.17, 15) is 0 Å². The van der Waals surface area contributed by atoms with E-state index >= 15 is 0 Å². The number of hydrogen-bond acceptors (Lipinski definition) is 4. The van der Waals surface area contributed by atoms with Crippen molar-refractivity contribution in [1.82, 2.24) is 10.3 Å². The molecular formula is C15H24ClN3O. The monoisotopic (exact) mass is 297 g/mol. The van der Waals surface area contributed by atoms with E-state index < -0.39 is 0 Å². The zero-order valence-electron chi connectivity index (χ0n) is 12.4. The Balaban J connectivity index is 2.07. The zero-order chi connectivity index (χ0) is 14.4. The van der Waals surface area contributed by atoms with E-state index in [1.807, 2.05) is 12.1 Å². The van der Waals surface area contributed by atoms with Crippen molar-refractivity contribution in [2.45, 2.75) is 39.3 Å². The highest BCUT2D eigenvalue weighted by atomic mass is 35.5. The van der Waals surface area contributed by atoms with E-state index in [1.54, 1.807) is 0 Å². The van der Waals surface area contributed by atoms with Crippen molar-refractivity contribution in [3.05, 3.63) is 22.8 Å². The van der Waals surface area contributed by atoms with Crippen molar-refractivity contribution in [3.63, 3.8) is 0 Å². The Morgan fingerprint density at radius 3 is 2.95 bits per heavy atom. The highest BCUT2D eigenvalue weighted by Gasteiger charge is 2.19. The van der Waals surface area contributed by atoms with Crippen molar-refractivity contribution in [3.8, 4) is 0 Å². The van der Waals surface area contributed by atoms with Crippen LogP contribution in [-0.2, 0) is 11.3 Å². The third-order valence-electron chi connectivity index (χ3n) is 3.60. The molecule has 1 aliphatic rings. The maximum absolute atomic E-state index is 6.20. The van der Waals surface area contributed by atoms with Crippen LogP contribution in [0.4, 0.5) is 5.82 Å². The number of likely N-dealkylation sites (N-methyl/N-ethyl adjacent to an activating group) is 1. The number of anilines is 1. The molecule has 0 spiro atoms. The average Bonchev–Trinajstić information content (AvgIpc) is 2.97. The van der Waals surface area contributed by atoms with Crippen molar-refractivity contribution < 1.29 is 4.74 Å². The minimum absolute atomic E-state index is 0.338. The number of hydrogen-bond donors (Lipinski definition) is 1. The summed E-state index contributed by atoms with van der Waals surface area (Å²) in [6.45, 7) is 8.57. The van der Waals surface area contributed by atoms with Gasteiger partial charge in [-0.3, -0.25) is 0 Å². The van der Waals surface area contributed by atoms with Gasteiger partial charge in [0.25, 0.3) is 0 Å². The lowest BCUT2D eigenvalue weighted by Gasteiger charge is -2.25. The lowest BCUT2D eigenvalue weighted by atomic mass is 10.2. The van der Waals surface area contributed by atoms with Crippen LogP contribution in [0.25, 0.3) is 0 Å².